The van der Waals surface area contributed by atoms with Gasteiger partial charge in [-0.15, -0.1) is 11.3 Å². The molecule has 1 aliphatic heterocycles. The number of hydrogen-bond acceptors (Lipinski definition) is 3. The molecule has 5 heteroatoms. The highest BCUT2D eigenvalue weighted by Crippen LogP contribution is 2.30. The second-order valence-corrected chi connectivity index (χ2v) is 6.94. The number of amides is 1. The maximum Gasteiger partial charge on any atom is 0.230 e. The number of rotatable bonds is 2. The molecule has 0 radical (unpaired) electrons. The van der Waals surface area contributed by atoms with Gasteiger partial charge in [0.15, 0.2) is 0 Å². The molecule has 1 amide bonds. The van der Waals surface area contributed by atoms with Gasteiger partial charge >= 0.3 is 0 Å². The van der Waals surface area contributed by atoms with Crippen LogP contribution in [-0.2, 0) is 4.79 Å². The van der Waals surface area contributed by atoms with E-state index in [0.29, 0.717) is 6.04 Å². The quantitative estimate of drug-likeness (QED) is 0.909. The van der Waals surface area contributed by atoms with Crippen LogP contribution in [0.1, 0.15) is 24.6 Å². The number of thiophene rings is 1. The van der Waals surface area contributed by atoms with Crippen molar-refractivity contribution in [2.45, 2.75) is 25.8 Å². The van der Waals surface area contributed by atoms with Gasteiger partial charge in [0.05, 0.1) is 9.70 Å². The lowest BCUT2D eigenvalue weighted by Gasteiger charge is -2.35. The standard InChI is InChI=1S/C12H17BrN2OS/c1-8-7-14-5-6-15(8)12(16)9(2)10-3-4-11(13)17-10/h3-4,8-9,14H,5-7H2,1-2H3/t8-,9?/m0/s1. The zero-order valence-electron chi connectivity index (χ0n) is 10.1. The Balaban J connectivity index is 2.08. The molecule has 1 fully saturated rings. The van der Waals surface area contributed by atoms with Crippen molar-refractivity contribution in [1.82, 2.24) is 10.2 Å². The molecule has 1 N–H and O–H groups in total. The Bertz CT molecular complexity index is 407. The first kappa shape index (κ1) is 13.1. The molecule has 2 atom stereocenters. The average molecular weight is 317 g/mol. The van der Waals surface area contributed by atoms with Crippen molar-refractivity contribution in [3.8, 4) is 0 Å². The molecule has 94 valence electrons. The summed E-state index contributed by atoms with van der Waals surface area (Å²) in [6, 6.07) is 4.33. The topological polar surface area (TPSA) is 32.3 Å². The number of nitrogens with one attached hydrogen (secondary N) is 1. The molecular weight excluding hydrogens is 300 g/mol. The smallest absolute Gasteiger partial charge is 0.230 e. The van der Waals surface area contributed by atoms with Crippen molar-refractivity contribution in [1.29, 1.82) is 0 Å². The van der Waals surface area contributed by atoms with Crippen molar-refractivity contribution >= 4 is 33.2 Å². The zero-order chi connectivity index (χ0) is 12.4. The Morgan fingerprint density at radius 3 is 3.00 bits per heavy atom. The maximum atomic E-state index is 12.4. The van der Waals surface area contributed by atoms with Gasteiger partial charge in [-0.2, -0.15) is 0 Å². The fraction of sp³-hybridized carbons (Fsp3) is 0.583. The molecular formula is C12H17BrN2OS. The van der Waals surface area contributed by atoms with Gasteiger partial charge in [0.1, 0.15) is 0 Å². The third-order valence-electron chi connectivity index (χ3n) is 3.18. The minimum atomic E-state index is -0.0353. The lowest BCUT2D eigenvalue weighted by atomic mass is 10.1. The highest BCUT2D eigenvalue weighted by Gasteiger charge is 2.28. The van der Waals surface area contributed by atoms with Crippen LogP contribution in [0.15, 0.2) is 15.9 Å². The van der Waals surface area contributed by atoms with Gasteiger partial charge < -0.3 is 10.2 Å². The summed E-state index contributed by atoms with van der Waals surface area (Å²) in [4.78, 5) is 15.5. The second-order valence-electron chi connectivity index (χ2n) is 4.45. The van der Waals surface area contributed by atoms with E-state index >= 15 is 0 Å². The van der Waals surface area contributed by atoms with E-state index in [1.807, 2.05) is 24.0 Å². The van der Waals surface area contributed by atoms with E-state index in [1.54, 1.807) is 11.3 Å². The van der Waals surface area contributed by atoms with Gasteiger partial charge in [-0.25, -0.2) is 0 Å². The maximum absolute atomic E-state index is 12.4. The van der Waals surface area contributed by atoms with Gasteiger partial charge in [-0.1, -0.05) is 0 Å². The van der Waals surface area contributed by atoms with Crippen LogP contribution in [0.2, 0.25) is 0 Å². The summed E-state index contributed by atoms with van der Waals surface area (Å²) in [6.45, 7) is 6.71. The molecule has 0 spiro atoms. The van der Waals surface area contributed by atoms with Gasteiger partial charge in [0.2, 0.25) is 5.91 Å². The molecule has 0 bridgehead atoms. The molecule has 0 aliphatic carbocycles. The molecule has 2 rings (SSSR count). The monoisotopic (exact) mass is 316 g/mol. The number of carbonyl (C=O) groups excluding carboxylic acids is 1. The molecule has 2 heterocycles. The minimum absolute atomic E-state index is 0.0353. The first-order valence-electron chi connectivity index (χ1n) is 5.86. The summed E-state index contributed by atoms with van der Waals surface area (Å²) in [5, 5.41) is 3.30. The Hall–Kier alpha value is -0.390. The largest absolute Gasteiger partial charge is 0.337 e. The second kappa shape index (κ2) is 5.50. The molecule has 17 heavy (non-hydrogen) atoms. The Morgan fingerprint density at radius 1 is 1.65 bits per heavy atom. The Labute approximate surface area is 114 Å². The summed E-state index contributed by atoms with van der Waals surface area (Å²) in [5.74, 6) is 0.209. The molecule has 1 saturated heterocycles. The minimum Gasteiger partial charge on any atom is -0.337 e. The first-order chi connectivity index (χ1) is 8.09. The van der Waals surface area contributed by atoms with Crippen LogP contribution in [-0.4, -0.2) is 36.5 Å². The molecule has 1 unspecified atom stereocenters. The van der Waals surface area contributed by atoms with Crippen molar-refractivity contribution < 1.29 is 4.79 Å². The van der Waals surface area contributed by atoms with Crippen LogP contribution in [0.3, 0.4) is 0 Å². The normalized spacial score (nSPS) is 22.5. The van der Waals surface area contributed by atoms with Crippen LogP contribution in [0, 0.1) is 0 Å². The van der Waals surface area contributed by atoms with Crippen LogP contribution in [0.25, 0.3) is 0 Å². The highest BCUT2D eigenvalue weighted by atomic mass is 79.9. The first-order valence-corrected chi connectivity index (χ1v) is 7.47. The predicted octanol–water partition coefficient (Wildman–Crippen LogP) is 2.43. The van der Waals surface area contributed by atoms with E-state index < -0.39 is 0 Å². The van der Waals surface area contributed by atoms with E-state index in [2.05, 4.69) is 28.2 Å². The third kappa shape index (κ3) is 2.89. The van der Waals surface area contributed by atoms with E-state index in [4.69, 9.17) is 0 Å². The lowest BCUT2D eigenvalue weighted by Crippen LogP contribution is -2.53. The summed E-state index contributed by atoms with van der Waals surface area (Å²) < 4.78 is 1.08. The molecule has 0 saturated carbocycles. The highest BCUT2D eigenvalue weighted by molar-refractivity contribution is 9.11. The van der Waals surface area contributed by atoms with E-state index in [0.717, 1.165) is 28.3 Å². The Morgan fingerprint density at radius 2 is 2.41 bits per heavy atom. The van der Waals surface area contributed by atoms with E-state index in [1.165, 1.54) is 0 Å². The molecule has 1 aromatic rings. The number of piperazine rings is 1. The van der Waals surface area contributed by atoms with Crippen molar-refractivity contribution in [2.24, 2.45) is 0 Å². The predicted molar refractivity (Wildman–Crippen MR) is 74.5 cm³/mol. The number of nitrogens with zero attached hydrogens (tertiary/aromatic N) is 1. The third-order valence-corrected chi connectivity index (χ3v) is 4.98. The molecule has 1 aromatic heterocycles. The molecule has 0 aromatic carbocycles. The number of halogens is 1. The zero-order valence-corrected chi connectivity index (χ0v) is 12.5. The van der Waals surface area contributed by atoms with Crippen molar-refractivity contribution in [2.75, 3.05) is 19.6 Å². The van der Waals surface area contributed by atoms with Gasteiger partial charge in [0.25, 0.3) is 0 Å². The summed E-state index contributed by atoms with van der Waals surface area (Å²) >= 11 is 5.08. The molecule has 1 aliphatic rings. The van der Waals surface area contributed by atoms with Crippen LogP contribution in [0.5, 0.6) is 0 Å². The van der Waals surface area contributed by atoms with E-state index in [9.17, 15) is 4.79 Å². The fourth-order valence-electron chi connectivity index (χ4n) is 2.10. The summed E-state index contributed by atoms with van der Waals surface area (Å²) in [6.07, 6.45) is 0. The van der Waals surface area contributed by atoms with Gasteiger partial charge in [-0.3, -0.25) is 4.79 Å². The number of carbonyl (C=O) groups is 1. The van der Waals surface area contributed by atoms with Gasteiger partial charge in [0, 0.05) is 30.6 Å². The van der Waals surface area contributed by atoms with Gasteiger partial charge in [-0.05, 0) is 41.9 Å². The summed E-state index contributed by atoms with van der Waals surface area (Å²) in [7, 11) is 0. The van der Waals surface area contributed by atoms with Crippen LogP contribution < -0.4 is 5.32 Å². The molecule has 3 nitrogen and oxygen atoms in total. The Kier molecular flexibility index (Phi) is 4.22. The number of hydrogen-bond donors (Lipinski definition) is 1. The van der Waals surface area contributed by atoms with Crippen LogP contribution >= 0.6 is 27.3 Å². The fourth-order valence-corrected chi connectivity index (χ4v) is 3.57. The SMILES string of the molecule is CC(C(=O)N1CCNC[C@@H]1C)c1ccc(Br)s1. The van der Waals surface area contributed by atoms with Crippen molar-refractivity contribution in [3.05, 3.63) is 20.8 Å². The average Bonchev–Trinajstić information content (AvgIpc) is 2.75. The summed E-state index contributed by atoms with van der Waals surface area (Å²) in [5.41, 5.74) is 0. The van der Waals surface area contributed by atoms with Crippen molar-refractivity contribution in [3.63, 3.8) is 0 Å². The lowest BCUT2D eigenvalue weighted by molar-refractivity contribution is -0.135. The van der Waals surface area contributed by atoms with E-state index in [-0.39, 0.29) is 11.8 Å². The van der Waals surface area contributed by atoms with Crippen LogP contribution in [0.4, 0.5) is 0 Å².